The van der Waals surface area contributed by atoms with Gasteiger partial charge in [0.05, 0.1) is 0 Å². The number of aromatic nitrogens is 2. The zero-order valence-corrected chi connectivity index (χ0v) is 11.1. The number of piperazine rings is 1. The molecule has 0 radical (unpaired) electrons. The second-order valence-corrected chi connectivity index (χ2v) is 4.37. The molecule has 1 aliphatic heterocycles. The molecule has 1 aromatic rings. The molecule has 1 saturated heterocycles. The maximum absolute atomic E-state index is 11.6. The van der Waals surface area contributed by atoms with Crippen LogP contribution >= 0.6 is 0 Å². The molecule has 108 valence electrons. The molecule has 3 N–H and O–H groups in total. The van der Waals surface area contributed by atoms with Gasteiger partial charge in [-0.05, 0) is 6.07 Å². The van der Waals surface area contributed by atoms with E-state index in [-0.39, 0.29) is 5.95 Å². The SMILES string of the molecule is O=C(NCCN1CCNCC1)C(=O)Nc1ncccn1. The lowest BCUT2D eigenvalue weighted by Crippen LogP contribution is -2.47. The Labute approximate surface area is 117 Å². The number of rotatable bonds is 4. The van der Waals surface area contributed by atoms with Crippen molar-refractivity contribution in [1.29, 1.82) is 0 Å². The highest BCUT2D eigenvalue weighted by Crippen LogP contribution is 1.93. The van der Waals surface area contributed by atoms with Crippen LogP contribution in [0.5, 0.6) is 0 Å². The minimum absolute atomic E-state index is 0.120. The van der Waals surface area contributed by atoms with Crippen molar-refractivity contribution in [2.45, 2.75) is 0 Å². The predicted molar refractivity (Wildman–Crippen MR) is 73.0 cm³/mol. The largest absolute Gasteiger partial charge is 0.347 e. The fraction of sp³-hybridized carbons (Fsp3) is 0.500. The summed E-state index contributed by atoms with van der Waals surface area (Å²) >= 11 is 0. The van der Waals surface area contributed by atoms with E-state index in [9.17, 15) is 9.59 Å². The molecule has 8 nitrogen and oxygen atoms in total. The first-order chi connectivity index (χ1) is 9.75. The van der Waals surface area contributed by atoms with E-state index in [1.54, 1.807) is 6.07 Å². The number of amides is 2. The maximum atomic E-state index is 11.6. The van der Waals surface area contributed by atoms with Gasteiger partial charge in [-0.1, -0.05) is 0 Å². The first-order valence-electron chi connectivity index (χ1n) is 6.55. The maximum Gasteiger partial charge on any atom is 0.316 e. The van der Waals surface area contributed by atoms with Crippen LogP contribution < -0.4 is 16.0 Å². The highest BCUT2D eigenvalue weighted by Gasteiger charge is 2.15. The summed E-state index contributed by atoms with van der Waals surface area (Å²) in [5, 5.41) is 8.17. The van der Waals surface area contributed by atoms with Gasteiger partial charge < -0.3 is 10.6 Å². The van der Waals surface area contributed by atoms with E-state index in [1.807, 2.05) is 0 Å². The Bertz CT molecular complexity index is 447. The molecular formula is C12H18N6O2. The van der Waals surface area contributed by atoms with Crippen LogP contribution in [0.2, 0.25) is 0 Å². The van der Waals surface area contributed by atoms with Gasteiger partial charge in [-0.15, -0.1) is 0 Å². The van der Waals surface area contributed by atoms with Crippen LogP contribution in [0.25, 0.3) is 0 Å². The molecule has 0 atom stereocenters. The first kappa shape index (κ1) is 14.4. The minimum atomic E-state index is -0.753. The van der Waals surface area contributed by atoms with E-state index in [2.05, 4.69) is 30.8 Å². The van der Waals surface area contributed by atoms with Crippen molar-refractivity contribution in [3.05, 3.63) is 18.5 Å². The molecule has 0 spiro atoms. The Morgan fingerprint density at radius 3 is 2.60 bits per heavy atom. The third-order valence-electron chi connectivity index (χ3n) is 2.92. The van der Waals surface area contributed by atoms with E-state index in [0.717, 1.165) is 32.7 Å². The summed E-state index contributed by atoms with van der Waals surface area (Å²) in [5.74, 6) is -1.31. The molecule has 8 heteroatoms. The smallest absolute Gasteiger partial charge is 0.316 e. The van der Waals surface area contributed by atoms with Gasteiger partial charge in [-0.3, -0.25) is 19.8 Å². The Hall–Kier alpha value is -2.06. The number of carbonyl (C=O) groups is 2. The lowest BCUT2D eigenvalue weighted by atomic mass is 10.3. The molecule has 2 heterocycles. The van der Waals surface area contributed by atoms with Crippen LogP contribution in [-0.2, 0) is 9.59 Å². The lowest BCUT2D eigenvalue weighted by molar-refractivity contribution is -0.136. The van der Waals surface area contributed by atoms with Crippen molar-refractivity contribution in [2.75, 3.05) is 44.6 Å². The molecule has 0 unspecified atom stereocenters. The van der Waals surface area contributed by atoms with Gasteiger partial charge >= 0.3 is 11.8 Å². The van der Waals surface area contributed by atoms with Crippen molar-refractivity contribution in [1.82, 2.24) is 25.5 Å². The van der Waals surface area contributed by atoms with Crippen molar-refractivity contribution in [3.63, 3.8) is 0 Å². The molecule has 0 aromatic carbocycles. The summed E-state index contributed by atoms with van der Waals surface area (Å²) in [6.45, 7) is 5.02. The van der Waals surface area contributed by atoms with E-state index in [1.165, 1.54) is 12.4 Å². The van der Waals surface area contributed by atoms with Gasteiger partial charge in [0.15, 0.2) is 0 Å². The monoisotopic (exact) mass is 278 g/mol. The van der Waals surface area contributed by atoms with E-state index in [0.29, 0.717) is 6.54 Å². The Morgan fingerprint density at radius 1 is 1.20 bits per heavy atom. The summed E-state index contributed by atoms with van der Waals surface area (Å²) in [4.78, 5) is 33.0. The predicted octanol–water partition coefficient (Wildman–Crippen LogP) is -1.56. The molecule has 2 amide bonds. The molecule has 0 aliphatic carbocycles. The van der Waals surface area contributed by atoms with Crippen molar-refractivity contribution in [2.24, 2.45) is 0 Å². The number of hydrogen-bond donors (Lipinski definition) is 3. The Balaban J connectivity index is 1.67. The summed E-state index contributed by atoms with van der Waals surface area (Å²) in [7, 11) is 0. The van der Waals surface area contributed by atoms with Crippen LogP contribution in [-0.4, -0.2) is 66.0 Å². The van der Waals surface area contributed by atoms with Crippen molar-refractivity contribution in [3.8, 4) is 0 Å². The molecule has 0 saturated carbocycles. The number of hydrogen-bond acceptors (Lipinski definition) is 6. The van der Waals surface area contributed by atoms with E-state index in [4.69, 9.17) is 0 Å². The quantitative estimate of drug-likeness (QED) is 0.576. The molecule has 20 heavy (non-hydrogen) atoms. The summed E-state index contributed by atoms with van der Waals surface area (Å²) in [5.41, 5.74) is 0. The summed E-state index contributed by atoms with van der Waals surface area (Å²) in [6, 6.07) is 1.63. The first-order valence-corrected chi connectivity index (χ1v) is 6.55. The van der Waals surface area contributed by atoms with Crippen molar-refractivity contribution < 1.29 is 9.59 Å². The molecule has 2 rings (SSSR count). The lowest BCUT2D eigenvalue weighted by Gasteiger charge is -2.26. The van der Waals surface area contributed by atoms with Crippen molar-refractivity contribution >= 4 is 17.8 Å². The van der Waals surface area contributed by atoms with Gasteiger partial charge in [0, 0.05) is 51.7 Å². The summed E-state index contributed by atoms with van der Waals surface area (Å²) in [6.07, 6.45) is 2.98. The van der Waals surface area contributed by atoms with E-state index >= 15 is 0 Å². The van der Waals surface area contributed by atoms with Crippen LogP contribution in [0.1, 0.15) is 0 Å². The van der Waals surface area contributed by atoms with Crippen LogP contribution in [0.15, 0.2) is 18.5 Å². The van der Waals surface area contributed by atoms with Gasteiger partial charge in [0.25, 0.3) is 0 Å². The third kappa shape index (κ3) is 4.56. The van der Waals surface area contributed by atoms with Gasteiger partial charge in [0.1, 0.15) is 0 Å². The molecule has 1 fully saturated rings. The highest BCUT2D eigenvalue weighted by atomic mass is 16.2. The highest BCUT2D eigenvalue weighted by molar-refractivity contribution is 6.39. The number of anilines is 1. The van der Waals surface area contributed by atoms with Crippen LogP contribution in [0.3, 0.4) is 0 Å². The fourth-order valence-electron chi connectivity index (χ4n) is 1.86. The van der Waals surface area contributed by atoms with Gasteiger partial charge in [-0.2, -0.15) is 0 Å². The third-order valence-corrected chi connectivity index (χ3v) is 2.92. The fourth-order valence-corrected chi connectivity index (χ4v) is 1.86. The second kappa shape index (κ2) is 7.51. The molecule has 0 bridgehead atoms. The minimum Gasteiger partial charge on any atom is -0.347 e. The normalized spacial score (nSPS) is 15.6. The Kier molecular flexibility index (Phi) is 5.39. The second-order valence-electron chi connectivity index (χ2n) is 4.37. The van der Waals surface area contributed by atoms with Crippen LogP contribution in [0, 0.1) is 0 Å². The topological polar surface area (TPSA) is 99.2 Å². The number of nitrogens with zero attached hydrogens (tertiary/aromatic N) is 3. The van der Waals surface area contributed by atoms with E-state index < -0.39 is 11.8 Å². The van der Waals surface area contributed by atoms with Crippen LogP contribution in [0.4, 0.5) is 5.95 Å². The Morgan fingerprint density at radius 2 is 1.90 bits per heavy atom. The standard InChI is InChI=1S/C12H18N6O2/c19-10(11(20)17-12-15-2-1-3-16-12)14-6-9-18-7-4-13-5-8-18/h1-3,13H,4-9H2,(H,14,19)(H,15,16,17,20). The van der Waals surface area contributed by atoms with Gasteiger partial charge in [-0.25, -0.2) is 9.97 Å². The molecule has 1 aromatic heterocycles. The average Bonchev–Trinajstić information content (AvgIpc) is 2.49. The molecule has 1 aliphatic rings. The summed E-state index contributed by atoms with van der Waals surface area (Å²) < 4.78 is 0. The number of carbonyl (C=O) groups excluding carboxylic acids is 2. The average molecular weight is 278 g/mol. The molecular weight excluding hydrogens is 260 g/mol. The van der Waals surface area contributed by atoms with Gasteiger partial charge in [0.2, 0.25) is 5.95 Å². The zero-order valence-electron chi connectivity index (χ0n) is 11.1. The zero-order chi connectivity index (χ0) is 14.2. The number of nitrogens with one attached hydrogen (secondary N) is 3.